The lowest BCUT2D eigenvalue weighted by Gasteiger charge is -2.26. The number of aryl methyl sites for hydroxylation is 1. The number of nitrogens with one attached hydrogen (secondary N) is 2. The number of carbonyl (C=O) groups excluding carboxylic acids is 1. The van der Waals surface area contributed by atoms with Gasteiger partial charge in [-0.15, -0.1) is 0 Å². The van der Waals surface area contributed by atoms with Gasteiger partial charge in [0.2, 0.25) is 0 Å². The third kappa shape index (κ3) is 2.95. The van der Waals surface area contributed by atoms with Gasteiger partial charge in [0, 0.05) is 11.6 Å². The van der Waals surface area contributed by atoms with Crippen LogP contribution in [-0.2, 0) is 6.42 Å². The number of aromatic amines is 1. The largest absolute Gasteiger partial charge is 0.345 e. The minimum absolute atomic E-state index is 0.0512. The molecule has 1 atom stereocenters. The van der Waals surface area contributed by atoms with Gasteiger partial charge in [0.1, 0.15) is 0 Å². The molecule has 28 heavy (non-hydrogen) atoms. The Balaban J connectivity index is 1.42. The van der Waals surface area contributed by atoms with Crippen molar-refractivity contribution in [2.45, 2.75) is 57.0 Å². The summed E-state index contributed by atoms with van der Waals surface area (Å²) in [6, 6.07) is 14.2. The zero-order valence-corrected chi connectivity index (χ0v) is 15.9. The van der Waals surface area contributed by atoms with Crippen LogP contribution in [0.1, 0.15) is 72.1 Å². The molecule has 144 valence electrons. The number of hydrogen-bond donors (Lipinski definition) is 2. The van der Waals surface area contributed by atoms with Crippen molar-refractivity contribution in [1.82, 2.24) is 14.9 Å². The van der Waals surface area contributed by atoms with Crippen LogP contribution in [0.15, 0.2) is 47.3 Å². The minimum Gasteiger partial charge on any atom is -0.345 e. The van der Waals surface area contributed by atoms with Crippen molar-refractivity contribution in [3.8, 4) is 0 Å². The highest BCUT2D eigenvalue weighted by Gasteiger charge is 2.24. The number of benzene rings is 2. The third-order valence-electron chi connectivity index (χ3n) is 6.34. The second-order valence-corrected chi connectivity index (χ2v) is 8.09. The van der Waals surface area contributed by atoms with E-state index in [4.69, 9.17) is 0 Å². The maximum atomic E-state index is 12.9. The summed E-state index contributed by atoms with van der Waals surface area (Å²) in [6.07, 6.45) is 7.56. The number of fused-ring (bicyclic) bond motifs is 2. The van der Waals surface area contributed by atoms with Gasteiger partial charge in [-0.1, -0.05) is 37.1 Å². The Morgan fingerprint density at radius 3 is 2.71 bits per heavy atom. The average molecular weight is 375 g/mol. The van der Waals surface area contributed by atoms with Crippen LogP contribution < -0.4 is 11.0 Å². The Bertz CT molecular complexity index is 1090. The van der Waals surface area contributed by atoms with Crippen LogP contribution in [-0.4, -0.2) is 15.5 Å². The van der Waals surface area contributed by atoms with Crippen molar-refractivity contribution in [3.63, 3.8) is 0 Å². The molecule has 1 unspecified atom stereocenters. The van der Waals surface area contributed by atoms with Crippen molar-refractivity contribution in [3.05, 3.63) is 69.6 Å². The van der Waals surface area contributed by atoms with Gasteiger partial charge in [-0.2, -0.15) is 0 Å². The first-order chi connectivity index (χ1) is 13.7. The van der Waals surface area contributed by atoms with E-state index in [0.717, 1.165) is 43.1 Å². The van der Waals surface area contributed by atoms with Crippen molar-refractivity contribution < 1.29 is 4.79 Å². The number of aromatic nitrogens is 2. The molecule has 3 aromatic rings. The predicted octanol–water partition coefficient (Wildman–Crippen LogP) is 4.25. The SMILES string of the molecule is O=C(NC1CCCc2ccccc21)c1ccc2c(c1)[nH]c(=O)n2C1CCCC1. The summed E-state index contributed by atoms with van der Waals surface area (Å²) >= 11 is 0. The lowest BCUT2D eigenvalue weighted by Crippen LogP contribution is -2.30. The Morgan fingerprint density at radius 1 is 1.04 bits per heavy atom. The molecule has 2 aliphatic rings. The molecule has 1 amide bonds. The molecule has 0 radical (unpaired) electrons. The van der Waals surface area contributed by atoms with Crippen LogP contribution in [0.3, 0.4) is 0 Å². The second-order valence-electron chi connectivity index (χ2n) is 8.09. The Labute approximate surface area is 163 Å². The van der Waals surface area contributed by atoms with Crippen LogP contribution in [0.4, 0.5) is 0 Å². The summed E-state index contributed by atoms with van der Waals surface area (Å²) in [6.45, 7) is 0. The lowest BCUT2D eigenvalue weighted by molar-refractivity contribution is 0.0933. The summed E-state index contributed by atoms with van der Waals surface area (Å²) in [5.74, 6) is -0.0851. The number of rotatable bonds is 3. The molecule has 1 saturated carbocycles. The predicted molar refractivity (Wildman–Crippen MR) is 110 cm³/mol. The van der Waals surface area contributed by atoms with Gasteiger partial charge >= 0.3 is 5.69 Å². The molecule has 5 nitrogen and oxygen atoms in total. The molecular weight excluding hydrogens is 350 g/mol. The standard InChI is InChI=1S/C23H25N3O2/c27-22(24-19-11-5-7-15-6-1-4-10-18(15)19)16-12-13-21-20(14-16)25-23(28)26(21)17-8-2-3-9-17/h1,4,6,10,12-14,17,19H,2-3,5,7-9,11H2,(H,24,27)(H,25,28). The molecule has 2 N–H and O–H groups in total. The molecule has 0 saturated heterocycles. The van der Waals surface area contributed by atoms with E-state index < -0.39 is 0 Å². The summed E-state index contributed by atoms with van der Waals surface area (Å²) in [7, 11) is 0. The van der Waals surface area contributed by atoms with Crippen LogP contribution in [0.25, 0.3) is 11.0 Å². The fraction of sp³-hybridized carbons (Fsp3) is 0.391. The van der Waals surface area contributed by atoms with Crippen LogP contribution in [0.2, 0.25) is 0 Å². The minimum atomic E-state index is -0.0851. The van der Waals surface area contributed by atoms with E-state index in [1.54, 1.807) is 0 Å². The van der Waals surface area contributed by atoms with Crippen molar-refractivity contribution in [2.24, 2.45) is 0 Å². The second kappa shape index (κ2) is 6.97. The van der Waals surface area contributed by atoms with E-state index in [2.05, 4.69) is 28.5 Å². The number of carbonyl (C=O) groups is 1. The monoisotopic (exact) mass is 375 g/mol. The molecule has 0 spiro atoms. The number of amides is 1. The number of hydrogen-bond acceptors (Lipinski definition) is 2. The van der Waals surface area contributed by atoms with Crippen molar-refractivity contribution in [1.29, 1.82) is 0 Å². The lowest BCUT2D eigenvalue weighted by atomic mass is 9.87. The molecule has 0 aliphatic heterocycles. The smallest absolute Gasteiger partial charge is 0.326 e. The number of imidazole rings is 1. The Hall–Kier alpha value is -2.82. The fourth-order valence-electron chi connectivity index (χ4n) is 4.94. The third-order valence-corrected chi connectivity index (χ3v) is 6.34. The fourth-order valence-corrected chi connectivity index (χ4v) is 4.94. The normalized spacial score (nSPS) is 19.6. The van der Waals surface area contributed by atoms with E-state index in [1.807, 2.05) is 28.8 Å². The first kappa shape index (κ1) is 17.3. The van der Waals surface area contributed by atoms with Gasteiger partial charge in [0.15, 0.2) is 0 Å². The van der Waals surface area contributed by atoms with Crippen LogP contribution in [0, 0.1) is 0 Å². The van der Waals surface area contributed by atoms with E-state index in [0.29, 0.717) is 5.56 Å². The first-order valence-corrected chi connectivity index (χ1v) is 10.3. The summed E-state index contributed by atoms with van der Waals surface area (Å²) in [5.41, 5.74) is 4.72. The maximum absolute atomic E-state index is 12.9. The molecule has 1 aromatic heterocycles. The van der Waals surface area contributed by atoms with Crippen molar-refractivity contribution >= 4 is 16.9 Å². The summed E-state index contributed by atoms with van der Waals surface area (Å²) < 4.78 is 1.88. The maximum Gasteiger partial charge on any atom is 0.326 e. The van der Waals surface area contributed by atoms with E-state index in [-0.39, 0.29) is 23.7 Å². The van der Waals surface area contributed by atoms with Crippen LogP contribution in [0.5, 0.6) is 0 Å². The highest BCUT2D eigenvalue weighted by molar-refractivity contribution is 5.97. The zero-order valence-electron chi connectivity index (χ0n) is 15.9. The first-order valence-electron chi connectivity index (χ1n) is 10.3. The molecule has 5 rings (SSSR count). The van der Waals surface area contributed by atoms with Gasteiger partial charge in [-0.25, -0.2) is 4.79 Å². The summed E-state index contributed by atoms with van der Waals surface area (Å²) in [4.78, 5) is 28.3. The molecule has 1 fully saturated rings. The topological polar surface area (TPSA) is 66.9 Å². The zero-order chi connectivity index (χ0) is 19.1. The van der Waals surface area contributed by atoms with Gasteiger partial charge in [0.25, 0.3) is 5.91 Å². The quantitative estimate of drug-likeness (QED) is 0.719. The number of nitrogens with zero attached hydrogens (tertiary/aromatic N) is 1. The molecular formula is C23H25N3O2. The molecule has 5 heteroatoms. The van der Waals surface area contributed by atoms with E-state index in [9.17, 15) is 9.59 Å². The van der Waals surface area contributed by atoms with Gasteiger partial charge in [-0.3, -0.25) is 9.36 Å². The van der Waals surface area contributed by atoms with E-state index in [1.165, 1.54) is 24.0 Å². The Morgan fingerprint density at radius 2 is 1.86 bits per heavy atom. The van der Waals surface area contributed by atoms with E-state index >= 15 is 0 Å². The Kier molecular flexibility index (Phi) is 4.30. The summed E-state index contributed by atoms with van der Waals surface area (Å²) in [5, 5.41) is 3.19. The molecule has 1 heterocycles. The molecule has 2 aromatic carbocycles. The van der Waals surface area contributed by atoms with Gasteiger partial charge in [0.05, 0.1) is 17.1 Å². The molecule has 0 bridgehead atoms. The van der Waals surface area contributed by atoms with Gasteiger partial charge in [-0.05, 0) is 61.4 Å². The molecule has 2 aliphatic carbocycles. The highest BCUT2D eigenvalue weighted by Crippen LogP contribution is 2.32. The van der Waals surface area contributed by atoms with Gasteiger partial charge < -0.3 is 10.3 Å². The average Bonchev–Trinajstić information content (AvgIpc) is 3.34. The van der Waals surface area contributed by atoms with Crippen molar-refractivity contribution in [2.75, 3.05) is 0 Å². The highest BCUT2D eigenvalue weighted by atomic mass is 16.2. The number of H-pyrrole nitrogens is 1. The van der Waals surface area contributed by atoms with Crippen LogP contribution >= 0.6 is 0 Å².